The number of aromatic nitrogens is 1. The lowest BCUT2D eigenvalue weighted by atomic mass is 9.99. The Balaban J connectivity index is 1.81. The molecule has 0 fully saturated rings. The molecular formula is C27H27F3N2O5S. The number of rotatable bonds is 12. The molecule has 0 saturated carbocycles. The van der Waals surface area contributed by atoms with Crippen molar-refractivity contribution in [2.45, 2.75) is 38.7 Å². The number of carbonyl (C=O) groups is 2. The van der Waals surface area contributed by atoms with Gasteiger partial charge in [0.25, 0.3) is 5.91 Å². The molecule has 1 amide bonds. The van der Waals surface area contributed by atoms with Crippen LogP contribution < -0.4 is 5.32 Å². The zero-order chi connectivity index (χ0) is 27.8. The van der Waals surface area contributed by atoms with Crippen LogP contribution >= 0.6 is 11.3 Å². The molecule has 1 atom stereocenters. The molecule has 2 N–H and O–H groups in total. The second-order valence-electron chi connectivity index (χ2n) is 8.29. The SMILES string of the molecule is CCCCCC(OC)c1cccc(-c2csc(NC(=O)c3cc(F)c(/C=C(/OC)C(=O)O)c(F)c3)n2)c1F. The normalized spacial score (nSPS) is 12.3. The van der Waals surface area contributed by atoms with Crippen molar-refractivity contribution in [3.63, 3.8) is 0 Å². The van der Waals surface area contributed by atoms with Gasteiger partial charge in [-0.05, 0) is 24.6 Å². The second kappa shape index (κ2) is 13.2. The highest BCUT2D eigenvalue weighted by Gasteiger charge is 2.21. The molecule has 0 saturated heterocycles. The number of anilines is 1. The van der Waals surface area contributed by atoms with Gasteiger partial charge < -0.3 is 14.6 Å². The molecule has 0 spiro atoms. The summed E-state index contributed by atoms with van der Waals surface area (Å²) < 4.78 is 54.5. The fourth-order valence-corrected chi connectivity index (χ4v) is 4.50. The molecule has 38 heavy (non-hydrogen) atoms. The molecule has 1 aromatic heterocycles. The molecule has 2 aromatic carbocycles. The summed E-state index contributed by atoms with van der Waals surface area (Å²) in [6.45, 7) is 2.08. The Morgan fingerprint density at radius 2 is 1.87 bits per heavy atom. The zero-order valence-electron chi connectivity index (χ0n) is 21.0. The molecular weight excluding hydrogens is 521 g/mol. The number of ether oxygens (including phenoxy) is 2. The van der Waals surface area contributed by atoms with Crippen molar-refractivity contribution in [2.75, 3.05) is 19.5 Å². The molecule has 7 nitrogen and oxygen atoms in total. The number of halogens is 3. The molecule has 0 aliphatic carbocycles. The van der Waals surface area contributed by atoms with Gasteiger partial charge >= 0.3 is 5.97 Å². The maximum Gasteiger partial charge on any atom is 0.371 e. The third-order valence-electron chi connectivity index (χ3n) is 5.78. The van der Waals surface area contributed by atoms with E-state index in [1.54, 1.807) is 23.6 Å². The van der Waals surface area contributed by atoms with Gasteiger partial charge in [-0.1, -0.05) is 38.3 Å². The first kappa shape index (κ1) is 28.9. The van der Waals surface area contributed by atoms with Crippen LogP contribution in [0.2, 0.25) is 0 Å². The quantitative estimate of drug-likeness (QED) is 0.146. The third-order valence-corrected chi connectivity index (χ3v) is 6.54. The monoisotopic (exact) mass is 548 g/mol. The van der Waals surface area contributed by atoms with Crippen molar-refractivity contribution in [1.29, 1.82) is 0 Å². The van der Waals surface area contributed by atoms with Gasteiger partial charge in [0.2, 0.25) is 5.76 Å². The van der Waals surface area contributed by atoms with Crippen LogP contribution in [0.3, 0.4) is 0 Å². The van der Waals surface area contributed by atoms with E-state index in [1.165, 1.54) is 7.11 Å². The third kappa shape index (κ3) is 6.78. The van der Waals surface area contributed by atoms with Crippen LogP contribution in [0.15, 0.2) is 41.5 Å². The van der Waals surface area contributed by atoms with Gasteiger partial charge in [-0.2, -0.15) is 0 Å². The Labute approximate surface area is 221 Å². The zero-order valence-corrected chi connectivity index (χ0v) is 21.8. The first-order chi connectivity index (χ1) is 18.2. The maximum atomic E-state index is 15.4. The summed E-state index contributed by atoms with van der Waals surface area (Å²) in [5, 5.41) is 13.1. The molecule has 1 unspecified atom stereocenters. The average Bonchev–Trinajstić information content (AvgIpc) is 3.34. The highest BCUT2D eigenvalue weighted by molar-refractivity contribution is 7.14. The minimum Gasteiger partial charge on any atom is -0.490 e. The molecule has 0 aliphatic heterocycles. The van der Waals surface area contributed by atoms with Gasteiger partial charge in [-0.3, -0.25) is 10.1 Å². The molecule has 202 valence electrons. The van der Waals surface area contributed by atoms with Crippen LogP contribution in [0.5, 0.6) is 0 Å². The van der Waals surface area contributed by atoms with Crippen molar-refractivity contribution in [3.8, 4) is 11.3 Å². The number of hydrogen-bond acceptors (Lipinski definition) is 6. The summed E-state index contributed by atoms with van der Waals surface area (Å²) in [5.74, 6) is -5.82. The predicted molar refractivity (Wildman–Crippen MR) is 138 cm³/mol. The van der Waals surface area contributed by atoms with Gasteiger partial charge in [0.1, 0.15) is 17.5 Å². The predicted octanol–water partition coefficient (Wildman–Crippen LogP) is 6.82. The van der Waals surface area contributed by atoms with E-state index in [4.69, 9.17) is 9.84 Å². The Morgan fingerprint density at radius 3 is 2.47 bits per heavy atom. The lowest BCUT2D eigenvalue weighted by Gasteiger charge is -2.17. The van der Waals surface area contributed by atoms with Gasteiger partial charge in [-0.25, -0.2) is 22.9 Å². The maximum absolute atomic E-state index is 15.4. The van der Waals surface area contributed by atoms with E-state index in [0.717, 1.165) is 49.8 Å². The van der Waals surface area contributed by atoms with E-state index >= 15 is 4.39 Å². The Kier molecular flexibility index (Phi) is 10.0. The summed E-state index contributed by atoms with van der Waals surface area (Å²) in [7, 11) is 2.59. The first-order valence-corrected chi connectivity index (χ1v) is 12.6. The number of unbranched alkanes of at least 4 members (excludes halogenated alkanes) is 2. The lowest BCUT2D eigenvalue weighted by Crippen LogP contribution is -2.13. The number of aliphatic carboxylic acids is 1. The van der Waals surface area contributed by atoms with Crippen LogP contribution in [0.4, 0.5) is 18.3 Å². The smallest absolute Gasteiger partial charge is 0.371 e. The van der Waals surface area contributed by atoms with Crippen LogP contribution in [0.1, 0.15) is 60.2 Å². The number of nitrogens with zero attached hydrogens (tertiary/aromatic N) is 1. The molecule has 0 radical (unpaired) electrons. The number of hydrogen-bond donors (Lipinski definition) is 2. The minimum absolute atomic E-state index is 0.0957. The highest BCUT2D eigenvalue weighted by Crippen LogP contribution is 2.33. The number of thiazole rings is 1. The largest absolute Gasteiger partial charge is 0.490 e. The van der Waals surface area contributed by atoms with E-state index in [0.29, 0.717) is 18.1 Å². The summed E-state index contributed by atoms with van der Waals surface area (Å²) in [6, 6.07) is 6.47. The van der Waals surface area contributed by atoms with Crippen LogP contribution in [-0.4, -0.2) is 36.2 Å². The van der Waals surface area contributed by atoms with E-state index in [9.17, 15) is 18.4 Å². The number of methoxy groups -OCH3 is 2. The van der Waals surface area contributed by atoms with Crippen molar-refractivity contribution in [1.82, 2.24) is 4.98 Å². The Hall–Kier alpha value is -3.70. The number of carbonyl (C=O) groups excluding carboxylic acids is 1. The van der Waals surface area contributed by atoms with E-state index in [-0.39, 0.29) is 22.0 Å². The van der Waals surface area contributed by atoms with Gasteiger partial charge in [0.15, 0.2) is 5.13 Å². The van der Waals surface area contributed by atoms with Crippen LogP contribution in [0, 0.1) is 17.5 Å². The standard InChI is InChI=1S/C27H27F3N2O5S/c1-4-5-6-10-22(36-2)17-9-7-8-16(24(17)30)21-14-38-27(31-21)32-25(33)15-11-19(28)18(20(29)12-15)13-23(37-3)26(34)35/h7-9,11-14,22H,4-6,10H2,1-3H3,(H,34,35)(H,31,32,33)/b23-13+. The number of benzene rings is 2. The van der Waals surface area contributed by atoms with Crippen molar-refractivity contribution in [2.24, 2.45) is 0 Å². The topological polar surface area (TPSA) is 97.8 Å². The molecule has 11 heteroatoms. The van der Waals surface area contributed by atoms with Gasteiger partial charge in [0, 0.05) is 40.8 Å². The summed E-state index contributed by atoms with van der Waals surface area (Å²) >= 11 is 1.02. The fourth-order valence-electron chi connectivity index (χ4n) is 3.79. The fraction of sp³-hybridized carbons (Fsp3) is 0.296. The first-order valence-electron chi connectivity index (χ1n) is 11.8. The number of amides is 1. The number of carboxylic acid groups (broad SMARTS) is 1. The van der Waals surface area contributed by atoms with Gasteiger partial charge in [-0.15, -0.1) is 11.3 Å². The lowest BCUT2D eigenvalue weighted by molar-refractivity contribution is -0.135. The van der Waals surface area contributed by atoms with E-state index in [1.807, 2.05) is 0 Å². The van der Waals surface area contributed by atoms with Crippen molar-refractivity contribution < 1.29 is 37.3 Å². The molecule has 3 aromatic rings. The Morgan fingerprint density at radius 1 is 1.16 bits per heavy atom. The summed E-state index contributed by atoms with van der Waals surface area (Å²) in [5.41, 5.74) is -0.0912. The molecule has 1 heterocycles. The average molecular weight is 549 g/mol. The number of carboxylic acids is 1. The molecule has 3 rings (SSSR count). The van der Waals surface area contributed by atoms with Crippen LogP contribution in [0.25, 0.3) is 17.3 Å². The van der Waals surface area contributed by atoms with Gasteiger partial charge in [0.05, 0.1) is 18.9 Å². The minimum atomic E-state index is -1.51. The van der Waals surface area contributed by atoms with E-state index < -0.39 is 46.8 Å². The van der Waals surface area contributed by atoms with E-state index in [2.05, 4.69) is 22.0 Å². The van der Waals surface area contributed by atoms with Crippen molar-refractivity contribution >= 4 is 34.4 Å². The highest BCUT2D eigenvalue weighted by atomic mass is 32.1. The summed E-state index contributed by atoms with van der Waals surface area (Å²) in [6.07, 6.45) is 3.90. The summed E-state index contributed by atoms with van der Waals surface area (Å²) in [4.78, 5) is 27.9. The number of nitrogens with one attached hydrogen (secondary N) is 1. The van der Waals surface area contributed by atoms with Crippen molar-refractivity contribution in [3.05, 3.63) is 75.6 Å². The molecule has 0 bridgehead atoms. The second-order valence-corrected chi connectivity index (χ2v) is 9.15. The molecule has 0 aliphatic rings. The van der Waals surface area contributed by atoms with Crippen LogP contribution in [-0.2, 0) is 14.3 Å². The Bertz CT molecular complexity index is 1320.